The monoisotopic (exact) mass is 625 g/mol. The van der Waals surface area contributed by atoms with Gasteiger partial charge < -0.3 is 10.6 Å². The van der Waals surface area contributed by atoms with Gasteiger partial charge in [-0.3, -0.25) is 5.10 Å². The SMILES string of the molecule is C=C/C(=C\C(=C/C)c1ccc2[nH]nc(C(=C)N/C(C)=C(C)/C(=C\C=C/C)c3ccc(Cl)s3)c2n1)NC(=C)CC1CCCCC1. The van der Waals surface area contributed by atoms with Gasteiger partial charge in [0.15, 0.2) is 0 Å². The number of nitrogens with zero attached hydrogens (tertiary/aromatic N) is 2. The Morgan fingerprint density at radius 2 is 1.86 bits per heavy atom. The third kappa shape index (κ3) is 8.40. The number of H-pyrrole nitrogens is 1. The molecule has 4 rings (SSSR count). The van der Waals surface area contributed by atoms with Gasteiger partial charge in [0.25, 0.3) is 0 Å². The van der Waals surface area contributed by atoms with Gasteiger partial charge in [-0.05, 0) is 93.2 Å². The summed E-state index contributed by atoms with van der Waals surface area (Å²) in [6.45, 7) is 20.8. The zero-order valence-electron chi connectivity index (χ0n) is 26.4. The molecule has 0 aliphatic heterocycles. The Labute approximate surface area is 271 Å². The van der Waals surface area contributed by atoms with Crippen LogP contribution in [0.3, 0.4) is 0 Å². The molecule has 1 aliphatic carbocycles. The zero-order valence-corrected chi connectivity index (χ0v) is 28.0. The smallest absolute Gasteiger partial charge is 0.134 e. The molecule has 44 heavy (non-hydrogen) atoms. The predicted octanol–water partition coefficient (Wildman–Crippen LogP) is 10.7. The summed E-state index contributed by atoms with van der Waals surface area (Å²) in [5, 5.41) is 14.7. The van der Waals surface area contributed by atoms with E-state index >= 15 is 0 Å². The van der Waals surface area contributed by atoms with Crippen LogP contribution < -0.4 is 10.6 Å². The molecule has 1 fully saturated rings. The van der Waals surface area contributed by atoms with Crippen molar-refractivity contribution in [1.29, 1.82) is 0 Å². The van der Waals surface area contributed by atoms with Gasteiger partial charge in [0.2, 0.25) is 0 Å². The molecule has 3 heterocycles. The molecular weight excluding hydrogens is 582 g/mol. The first kappa shape index (κ1) is 33.0. The maximum absolute atomic E-state index is 6.26. The highest BCUT2D eigenvalue weighted by atomic mass is 35.5. The lowest BCUT2D eigenvalue weighted by molar-refractivity contribution is 0.353. The summed E-state index contributed by atoms with van der Waals surface area (Å²) in [7, 11) is 0. The Hall–Kier alpha value is -3.87. The van der Waals surface area contributed by atoms with Crippen LogP contribution in [0.1, 0.15) is 82.5 Å². The summed E-state index contributed by atoms with van der Waals surface area (Å²) in [4.78, 5) is 6.13. The van der Waals surface area contributed by atoms with E-state index in [0.29, 0.717) is 17.3 Å². The molecule has 230 valence electrons. The van der Waals surface area contributed by atoms with Crippen molar-refractivity contribution in [2.45, 2.75) is 66.2 Å². The Morgan fingerprint density at radius 1 is 1.09 bits per heavy atom. The minimum Gasteiger partial charge on any atom is -0.359 e. The van der Waals surface area contributed by atoms with Crippen LogP contribution in [-0.4, -0.2) is 15.2 Å². The first-order valence-corrected chi connectivity index (χ1v) is 16.5. The van der Waals surface area contributed by atoms with E-state index in [4.69, 9.17) is 16.6 Å². The molecule has 5 nitrogen and oxygen atoms in total. The molecular formula is C37H44ClN5S. The molecule has 1 aliphatic rings. The lowest BCUT2D eigenvalue weighted by Gasteiger charge is -2.23. The van der Waals surface area contributed by atoms with Gasteiger partial charge >= 0.3 is 0 Å². The van der Waals surface area contributed by atoms with Crippen LogP contribution in [0.2, 0.25) is 4.34 Å². The van der Waals surface area contributed by atoms with Crippen molar-refractivity contribution in [3.63, 3.8) is 0 Å². The van der Waals surface area contributed by atoms with Gasteiger partial charge in [-0.15, -0.1) is 11.3 Å². The predicted molar refractivity (Wildman–Crippen MR) is 192 cm³/mol. The number of nitrogens with one attached hydrogen (secondary N) is 3. The van der Waals surface area contributed by atoms with Crippen molar-refractivity contribution >= 4 is 50.8 Å². The average molecular weight is 626 g/mol. The maximum Gasteiger partial charge on any atom is 0.134 e. The van der Waals surface area contributed by atoms with Crippen molar-refractivity contribution in [3.05, 3.63) is 124 Å². The Bertz CT molecular complexity index is 1670. The number of hydrogen-bond acceptors (Lipinski definition) is 5. The highest BCUT2D eigenvalue weighted by Gasteiger charge is 2.17. The van der Waals surface area contributed by atoms with E-state index in [1.165, 1.54) is 32.1 Å². The third-order valence-electron chi connectivity index (χ3n) is 8.01. The molecule has 0 bridgehead atoms. The van der Waals surface area contributed by atoms with E-state index in [1.54, 1.807) is 11.3 Å². The van der Waals surface area contributed by atoms with Gasteiger partial charge in [-0.25, -0.2) is 4.98 Å². The van der Waals surface area contributed by atoms with Gasteiger partial charge in [0, 0.05) is 22.0 Å². The van der Waals surface area contributed by atoms with Gasteiger partial charge in [-0.1, -0.05) is 87.7 Å². The van der Waals surface area contributed by atoms with Crippen molar-refractivity contribution in [2.24, 2.45) is 5.92 Å². The first-order valence-electron chi connectivity index (χ1n) is 15.3. The molecule has 0 radical (unpaired) electrons. The summed E-state index contributed by atoms with van der Waals surface area (Å²) < 4.78 is 0.759. The molecule has 0 atom stereocenters. The molecule has 3 aromatic heterocycles. The fourth-order valence-corrected chi connectivity index (χ4v) is 6.63. The molecule has 0 unspecified atom stereocenters. The van der Waals surface area contributed by atoms with E-state index in [9.17, 15) is 0 Å². The summed E-state index contributed by atoms with van der Waals surface area (Å²) >= 11 is 7.82. The number of fused-ring (bicyclic) bond motifs is 1. The van der Waals surface area contributed by atoms with Crippen molar-refractivity contribution < 1.29 is 0 Å². The van der Waals surface area contributed by atoms with E-state index in [-0.39, 0.29) is 0 Å². The van der Waals surface area contributed by atoms with E-state index in [2.05, 4.69) is 65.7 Å². The van der Waals surface area contributed by atoms with Crippen LogP contribution in [0.15, 0.2) is 103 Å². The standard InChI is InChI=1S/C37H44ClN5S/c1-8-11-17-31(34-20-21-35(38)44-34)25(5)26(6)40-27(7)36-37-33(42-43-36)19-18-32(41-37)29(9-2)23-30(10-3)39-24(4)22-28-15-13-12-14-16-28/h8-11,17-21,23,28,39-40H,3-4,7,12-16,22H2,1-2,5-6H3,(H,42,43)/b11-8-,26-25+,29-9+,30-23+,31-17+. The summed E-state index contributed by atoms with van der Waals surface area (Å²) in [5.41, 5.74) is 9.85. The Morgan fingerprint density at radius 3 is 2.52 bits per heavy atom. The number of pyridine rings is 1. The Kier molecular flexibility index (Phi) is 11.8. The molecule has 0 amide bonds. The second-order valence-corrected chi connectivity index (χ2v) is 12.9. The number of hydrogen-bond donors (Lipinski definition) is 3. The van der Waals surface area contributed by atoms with Crippen LogP contribution in [0.5, 0.6) is 0 Å². The van der Waals surface area contributed by atoms with Crippen LogP contribution in [0.4, 0.5) is 0 Å². The highest BCUT2D eigenvalue weighted by Crippen LogP contribution is 2.34. The fourth-order valence-electron chi connectivity index (χ4n) is 5.51. The van der Waals surface area contributed by atoms with Gasteiger partial charge in [0.1, 0.15) is 11.2 Å². The maximum atomic E-state index is 6.26. The zero-order chi connectivity index (χ0) is 31.6. The van der Waals surface area contributed by atoms with Gasteiger partial charge in [0.05, 0.1) is 21.2 Å². The van der Waals surface area contributed by atoms with E-state index in [0.717, 1.165) is 66.2 Å². The van der Waals surface area contributed by atoms with Crippen LogP contribution in [-0.2, 0) is 0 Å². The van der Waals surface area contributed by atoms with E-state index in [1.807, 2.05) is 63.3 Å². The Balaban J connectivity index is 1.56. The molecule has 3 aromatic rings. The largest absolute Gasteiger partial charge is 0.359 e. The van der Waals surface area contributed by atoms with Crippen LogP contribution in [0, 0.1) is 5.92 Å². The molecule has 0 saturated heterocycles. The number of aromatic amines is 1. The second-order valence-electron chi connectivity index (χ2n) is 11.2. The van der Waals surface area contributed by atoms with Crippen LogP contribution >= 0.6 is 22.9 Å². The highest BCUT2D eigenvalue weighted by molar-refractivity contribution is 7.17. The summed E-state index contributed by atoms with van der Waals surface area (Å²) in [6, 6.07) is 7.99. The van der Waals surface area contributed by atoms with Gasteiger partial charge in [-0.2, -0.15) is 5.10 Å². The van der Waals surface area contributed by atoms with Crippen LogP contribution in [0.25, 0.3) is 27.9 Å². The summed E-state index contributed by atoms with van der Waals surface area (Å²) in [5.74, 6) is 0.716. The fraction of sp³-hybridized carbons (Fsp3) is 0.297. The normalized spacial score (nSPS) is 15.9. The molecule has 1 saturated carbocycles. The summed E-state index contributed by atoms with van der Waals surface area (Å²) in [6.07, 6.45) is 19.7. The van der Waals surface area contributed by atoms with E-state index < -0.39 is 0 Å². The number of halogens is 1. The lowest BCUT2D eigenvalue weighted by atomic mass is 9.86. The number of rotatable bonds is 13. The number of allylic oxidation sites excluding steroid dienone is 11. The molecule has 7 heteroatoms. The van der Waals surface area contributed by atoms with Crippen molar-refractivity contribution in [3.8, 4) is 0 Å². The third-order valence-corrected chi connectivity index (χ3v) is 9.28. The average Bonchev–Trinajstić information content (AvgIpc) is 3.65. The molecule has 3 N–H and O–H groups in total. The second kappa shape index (κ2) is 15.7. The molecule has 0 spiro atoms. The van der Waals surface area contributed by atoms with Crippen molar-refractivity contribution in [2.75, 3.05) is 0 Å². The number of aromatic nitrogens is 3. The number of thiophene rings is 1. The first-order chi connectivity index (χ1) is 21.2. The minimum absolute atomic E-state index is 0.664. The minimum atomic E-state index is 0.664. The topological polar surface area (TPSA) is 65.6 Å². The lowest BCUT2D eigenvalue weighted by Crippen LogP contribution is -2.16. The quantitative estimate of drug-likeness (QED) is 0.165. The van der Waals surface area contributed by atoms with Crippen molar-refractivity contribution in [1.82, 2.24) is 25.8 Å². The molecule has 0 aromatic carbocycles.